The van der Waals surface area contributed by atoms with Crippen LogP contribution >= 0.6 is 0 Å². The lowest BCUT2D eigenvalue weighted by molar-refractivity contribution is -0.158. The van der Waals surface area contributed by atoms with Crippen LogP contribution in [0.5, 0.6) is 0 Å². The van der Waals surface area contributed by atoms with Crippen molar-refractivity contribution < 1.29 is 95.4 Å². The summed E-state index contributed by atoms with van der Waals surface area (Å²) in [4.78, 5) is 160. The molecule has 0 aliphatic carbocycles. The number of pyridine rings is 2. The highest BCUT2D eigenvalue weighted by Gasteiger charge is 2.43. The summed E-state index contributed by atoms with van der Waals surface area (Å²) in [6.07, 6.45) is -2.08. The van der Waals surface area contributed by atoms with E-state index in [9.17, 15) is 52.7 Å². The fourth-order valence-corrected chi connectivity index (χ4v) is 14.3. The maximum Gasteiger partial charge on any atom is 0.408 e. The molecule has 0 aliphatic heterocycles. The zero-order valence-corrected chi connectivity index (χ0v) is 80.9. The summed E-state index contributed by atoms with van der Waals surface area (Å²) in [5.74, 6) is -4.74. The molecule has 9 N–H and O–H groups in total. The first kappa shape index (κ1) is 110. The lowest BCUT2D eigenvalue weighted by Crippen LogP contribution is -2.58. The van der Waals surface area contributed by atoms with Crippen molar-refractivity contribution in [2.75, 3.05) is 68.0 Å². The standard InChI is InChI=1S/C52H76N6O11.C47H68N6O9/c1-34(2)29-40(54-49(64)69-52(9,10)11)46(61)68-42(38(30-35-19-15-14-16-20-35)31-41(59)43(50(3,4)5)55-48(63)67-28-27-65-12)33-58(57-45(60)44(51(6,7)8)56-47(62)66-13)32-36-22-24-37(25-23-36)39-21-17-18-26-53-39;1-31(2)26-36(48)43(56)62-39(35(27-32-16-12-11-13-17-32)28-38(54)40(46(3,4)5)50-45(58)61-25-24-59-9)30-53(52-42(55)41(47(6,7)8)51-44(57)60-10)29-33-19-21-34(22-20-33)37-18-14-15-23-49-37/h14-26,34,38,40,42-44H,27-33H2,1-13H3,(H,54,64)(H,55,63)(H,56,62)(H,57,60);11-23,31,35-36,39-41H,24-30,48H2,1-10H3,(H,50,58)(H,51,57)(H,52,55). The molecule has 0 aliphatic rings. The number of ketones is 2. The second kappa shape index (κ2) is 53.2. The molecule has 0 radical (unpaired) electrons. The number of aromatic nitrogens is 2. The van der Waals surface area contributed by atoms with E-state index in [0.717, 1.165) is 44.8 Å². The number of hydrogen-bond donors (Lipinski definition) is 8. The van der Waals surface area contributed by atoms with E-state index in [-0.39, 0.29) is 108 Å². The fraction of sp³-hybridized carbons (Fsp3) is 0.545. The van der Waals surface area contributed by atoms with Gasteiger partial charge in [-0.05, 0) is 126 Å². The van der Waals surface area contributed by atoms with Crippen molar-refractivity contribution in [3.63, 3.8) is 0 Å². The Morgan fingerprint density at radius 1 is 0.389 bits per heavy atom. The van der Waals surface area contributed by atoms with Gasteiger partial charge >= 0.3 is 42.4 Å². The highest BCUT2D eigenvalue weighted by Crippen LogP contribution is 2.33. The van der Waals surface area contributed by atoms with Crippen LogP contribution in [0.25, 0.3) is 22.5 Å². The summed E-state index contributed by atoms with van der Waals surface area (Å²) in [5.41, 5.74) is 15.0. The van der Waals surface area contributed by atoms with Gasteiger partial charge in [0.2, 0.25) is 0 Å². The van der Waals surface area contributed by atoms with Gasteiger partial charge in [0, 0.05) is 75.5 Å². The molecule has 6 rings (SSSR count). The Morgan fingerprint density at radius 3 is 1.06 bits per heavy atom. The Kier molecular flexibility index (Phi) is 44.7. The average Bonchev–Trinajstić information content (AvgIpc) is 0.821. The number of Topliss-reactive ketones (excluding diaryl/α,β-unsaturated/α-hetero) is 2. The first-order chi connectivity index (χ1) is 61.5. The number of ether oxygens (including phenoxy) is 9. The van der Waals surface area contributed by atoms with Crippen LogP contribution < -0.4 is 43.2 Å². The zero-order chi connectivity index (χ0) is 97.6. The number of carbonyl (C=O) groups is 11. The van der Waals surface area contributed by atoms with Gasteiger partial charge in [0.05, 0.1) is 64.0 Å². The van der Waals surface area contributed by atoms with Crippen LogP contribution in [0.1, 0.15) is 179 Å². The van der Waals surface area contributed by atoms with E-state index in [1.54, 1.807) is 64.0 Å². The predicted molar refractivity (Wildman–Crippen MR) is 500 cm³/mol. The minimum absolute atomic E-state index is 0.00266. The summed E-state index contributed by atoms with van der Waals surface area (Å²) in [6, 6.07) is 39.0. The molecule has 10 atom stereocenters. The monoisotopic (exact) mass is 1820 g/mol. The third kappa shape index (κ3) is 40.4. The Bertz CT molecular complexity index is 4540. The highest BCUT2D eigenvalue weighted by molar-refractivity contribution is 5.90. The molecule has 0 fully saturated rings. The maximum atomic E-state index is 14.8. The quantitative estimate of drug-likeness (QED) is 0.00762. The van der Waals surface area contributed by atoms with Crippen molar-refractivity contribution in [1.29, 1.82) is 0 Å². The van der Waals surface area contributed by atoms with Gasteiger partial charge in [-0.25, -0.2) is 38.8 Å². The number of rotatable bonds is 45. The van der Waals surface area contributed by atoms with Gasteiger partial charge in [0.15, 0.2) is 11.6 Å². The smallest absolute Gasteiger partial charge is 0.408 e. The van der Waals surface area contributed by atoms with Crippen LogP contribution in [0, 0.1) is 45.3 Å². The number of esters is 2. The molecule has 720 valence electrons. The molecule has 0 saturated carbocycles. The van der Waals surface area contributed by atoms with Crippen LogP contribution in [0.4, 0.5) is 24.0 Å². The van der Waals surface area contributed by atoms with Gasteiger partial charge in [-0.1, -0.05) is 232 Å². The Labute approximate surface area is 773 Å². The van der Waals surface area contributed by atoms with Crippen LogP contribution in [-0.4, -0.2) is 208 Å². The first-order valence-corrected chi connectivity index (χ1v) is 44.4. The lowest BCUT2D eigenvalue weighted by atomic mass is 9.79. The Balaban J connectivity index is 0.000000466. The van der Waals surface area contributed by atoms with Crippen LogP contribution in [0.3, 0.4) is 0 Å². The largest absolute Gasteiger partial charge is 0.459 e. The lowest BCUT2D eigenvalue weighted by Gasteiger charge is -2.37. The minimum Gasteiger partial charge on any atom is -0.459 e. The number of hydrogen-bond acceptors (Lipinski definition) is 25. The number of benzene rings is 4. The maximum absolute atomic E-state index is 14.8. The van der Waals surface area contributed by atoms with Crippen LogP contribution in [0.2, 0.25) is 0 Å². The topological polar surface area (TPSA) is 413 Å². The van der Waals surface area contributed by atoms with Gasteiger partial charge in [-0.3, -0.25) is 44.8 Å². The van der Waals surface area contributed by atoms with E-state index in [2.05, 4.69) is 47.4 Å². The molecule has 0 spiro atoms. The number of hydrazine groups is 2. The van der Waals surface area contributed by atoms with Crippen molar-refractivity contribution in [1.82, 2.24) is 57.4 Å². The molecule has 4 aromatic carbocycles. The number of alkyl carbamates (subject to hydrolysis) is 5. The van der Waals surface area contributed by atoms with E-state index in [1.165, 1.54) is 28.4 Å². The van der Waals surface area contributed by atoms with Crippen molar-refractivity contribution in [3.8, 4) is 22.5 Å². The Hall–Kier alpha value is -11.5. The summed E-state index contributed by atoms with van der Waals surface area (Å²) < 4.78 is 48.8. The molecule has 10 unspecified atom stereocenters. The number of nitrogens with two attached hydrogens (primary N) is 1. The molecule has 32 heteroatoms. The number of carbonyl (C=O) groups excluding carboxylic acids is 11. The molecule has 131 heavy (non-hydrogen) atoms. The predicted octanol–water partition coefficient (Wildman–Crippen LogP) is 14.1. The van der Waals surface area contributed by atoms with Crippen molar-refractivity contribution in [3.05, 3.63) is 180 Å². The van der Waals surface area contributed by atoms with E-state index in [4.69, 9.17) is 48.4 Å². The van der Waals surface area contributed by atoms with E-state index in [1.807, 2.05) is 236 Å². The van der Waals surface area contributed by atoms with E-state index >= 15 is 0 Å². The summed E-state index contributed by atoms with van der Waals surface area (Å²) in [6.45, 7) is 34.8. The summed E-state index contributed by atoms with van der Waals surface area (Å²) in [5, 5.41) is 16.7. The van der Waals surface area contributed by atoms with Crippen LogP contribution in [0.15, 0.2) is 158 Å². The number of methoxy groups -OCH3 is 4. The summed E-state index contributed by atoms with van der Waals surface area (Å²) in [7, 11) is 5.39. The molecule has 7 amide bonds. The fourth-order valence-electron chi connectivity index (χ4n) is 14.3. The minimum atomic E-state index is -1.17. The van der Waals surface area contributed by atoms with Gasteiger partial charge in [0.25, 0.3) is 11.8 Å². The van der Waals surface area contributed by atoms with E-state index < -0.39 is 142 Å². The molecule has 2 heterocycles. The van der Waals surface area contributed by atoms with Crippen LogP contribution in [-0.2, 0) is 97.3 Å². The first-order valence-electron chi connectivity index (χ1n) is 44.4. The average molecular weight is 1820 g/mol. The molecular weight excluding hydrogens is 1680 g/mol. The molecule has 0 saturated heterocycles. The molecule has 2 aromatic heterocycles. The van der Waals surface area contributed by atoms with Crippen molar-refractivity contribution >= 4 is 65.8 Å². The number of amides is 7. The molecule has 6 aromatic rings. The van der Waals surface area contributed by atoms with Gasteiger partial charge in [0.1, 0.15) is 55.2 Å². The van der Waals surface area contributed by atoms with Gasteiger partial charge in [-0.2, -0.15) is 0 Å². The molecular formula is C99H144N12O20. The number of nitrogens with one attached hydrogen (secondary N) is 7. The van der Waals surface area contributed by atoms with E-state index in [0.29, 0.717) is 6.42 Å². The number of nitrogens with zero attached hydrogens (tertiary/aromatic N) is 4. The van der Waals surface area contributed by atoms with Gasteiger partial charge < -0.3 is 74.9 Å². The third-order valence-electron chi connectivity index (χ3n) is 20.9. The van der Waals surface area contributed by atoms with Gasteiger partial charge in [-0.15, -0.1) is 0 Å². The molecule has 32 nitrogen and oxygen atoms in total. The third-order valence-corrected chi connectivity index (χ3v) is 20.9. The highest BCUT2D eigenvalue weighted by atomic mass is 16.6. The molecule has 0 bridgehead atoms. The second-order valence-corrected chi connectivity index (χ2v) is 38.8. The second-order valence-electron chi connectivity index (χ2n) is 38.8. The van der Waals surface area contributed by atoms with Crippen molar-refractivity contribution in [2.45, 2.75) is 237 Å². The summed E-state index contributed by atoms with van der Waals surface area (Å²) >= 11 is 0. The van der Waals surface area contributed by atoms with Crippen molar-refractivity contribution in [2.24, 2.45) is 51.1 Å². The SMILES string of the molecule is COCCOC(=O)NC(C(=O)CC(Cc1ccccc1)C(CN(Cc1ccc(-c2ccccn2)cc1)NC(=O)C(NC(=O)OC)C(C)(C)C)OC(=O)C(CC(C)C)NC(=O)OC(C)(C)C)C(C)(C)C.COCCOC(=O)NC(C(=O)CC(Cc1ccccc1)C(CN(Cc1ccc(-c2ccccn2)cc1)NC(=O)C(NC(=O)OC)C(C)(C)C)OC(=O)C(N)CC(C)C)C(C)(C)C. The zero-order valence-electron chi connectivity index (χ0n) is 80.9. The normalized spacial score (nSPS) is 14.1. The Morgan fingerprint density at radius 2 is 0.740 bits per heavy atom.